The summed E-state index contributed by atoms with van der Waals surface area (Å²) in [6.45, 7) is 5.80. The van der Waals surface area contributed by atoms with Crippen LogP contribution in [0, 0.1) is 0 Å². The molecular formula is C23H33N3O7. The maximum Gasteiger partial charge on any atom is 0.410 e. The average Bonchev–Trinajstić information content (AvgIpc) is 3.17. The quantitative estimate of drug-likeness (QED) is 0.345. The van der Waals surface area contributed by atoms with Crippen LogP contribution in [-0.2, 0) is 30.4 Å². The Hall–Kier alpha value is -3.30. The van der Waals surface area contributed by atoms with Gasteiger partial charge in [-0.3, -0.25) is 9.69 Å². The normalized spacial score (nSPS) is 17.8. The number of hydrogen-bond donors (Lipinski definition) is 2. The first-order valence-corrected chi connectivity index (χ1v) is 10.9. The molecule has 1 fully saturated rings. The van der Waals surface area contributed by atoms with Gasteiger partial charge in [0.15, 0.2) is 0 Å². The number of methoxy groups -OCH3 is 1. The van der Waals surface area contributed by atoms with Crippen LogP contribution in [0.1, 0.15) is 45.6 Å². The second-order valence-electron chi connectivity index (χ2n) is 8.76. The first-order chi connectivity index (χ1) is 15.6. The highest BCUT2D eigenvalue weighted by Gasteiger charge is 2.41. The second-order valence-corrected chi connectivity index (χ2v) is 8.76. The van der Waals surface area contributed by atoms with E-state index in [2.05, 4.69) is 10.6 Å². The Bertz CT molecular complexity index is 823. The molecule has 10 nitrogen and oxygen atoms in total. The largest absolute Gasteiger partial charge is 0.467 e. The predicted molar refractivity (Wildman–Crippen MR) is 119 cm³/mol. The summed E-state index contributed by atoms with van der Waals surface area (Å²) in [6, 6.07) is 7.95. The fourth-order valence-corrected chi connectivity index (χ4v) is 3.36. The smallest absolute Gasteiger partial charge is 0.410 e. The van der Waals surface area contributed by atoms with Gasteiger partial charge in [-0.05, 0) is 32.8 Å². The van der Waals surface area contributed by atoms with Crippen LogP contribution in [0.25, 0.3) is 0 Å². The summed E-state index contributed by atoms with van der Waals surface area (Å²) in [5, 5.41) is 5.43. The minimum atomic E-state index is -0.836. The van der Waals surface area contributed by atoms with E-state index in [1.54, 1.807) is 20.8 Å². The fraction of sp³-hybridized carbons (Fsp3) is 0.565. The summed E-state index contributed by atoms with van der Waals surface area (Å²) in [7, 11) is 1.25. The van der Waals surface area contributed by atoms with E-state index < -0.39 is 35.8 Å². The van der Waals surface area contributed by atoms with Gasteiger partial charge in [-0.1, -0.05) is 30.3 Å². The lowest BCUT2D eigenvalue weighted by Gasteiger charge is -2.21. The Kier molecular flexibility index (Phi) is 9.50. The van der Waals surface area contributed by atoms with Gasteiger partial charge in [0.25, 0.3) is 0 Å². The second kappa shape index (κ2) is 12.1. The van der Waals surface area contributed by atoms with Crippen molar-refractivity contribution in [2.24, 2.45) is 0 Å². The Morgan fingerprint density at radius 3 is 2.45 bits per heavy atom. The van der Waals surface area contributed by atoms with Gasteiger partial charge in [0.05, 0.1) is 7.11 Å². The number of nitrogens with one attached hydrogen (secondary N) is 2. The van der Waals surface area contributed by atoms with Gasteiger partial charge in [-0.25, -0.2) is 14.4 Å². The minimum absolute atomic E-state index is 0.0751. The van der Waals surface area contributed by atoms with Crippen LogP contribution in [0.4, 0.5) is 9.59 Å². The standard InChI is InChI=1S/C23H33N3O7/c1-23(2,3)33-21(29)24-12-8-11-19(27)25-17-13-18(20(28)31-4)26(14-17)22(30)32-15-16-9-6-5-7-10-16/h5-7,9-10,17-18H,8,11-15H2,1-4H3,(H,24,29)(H,25,27)/t17-,18-/m0/s1. The van der Waals surface area contributed by atoms with Gasteiger partial charge >= 0.3 is 18.2 Å². The first-order valence-electron chi connectivity index (χ1n) is 10.9. The number of amides is 3. The lowest BCUT2D eigenvalue weighted by Crippen LogP contribution is -2.42. The Balaban J connectivity index is 1.80. The zero-order chi connectivity index (χ0) is 24.4. The van der Waals surface area contributed by atoms with Crippen molar-refractivity contribution >= 4 is 24.1 Å². The van der Waals surface area contributed by atoms with Crippen LogP contribution in [-0.4, -0.2) is 66.8 Å². The number of esters is 1. The van der Waals surface area contributed by atoms with Gasteiger partial charge in [0.1, 0.15) is 18.2 Å². The highest BCUT2D eigenvalue weighted by molar-refractivity contribution is 5.83. The van der Waals surface area contributed by atoms with E-state index in [1.807, 2.05) is 30.3 Å². The molecule has 33 heavy (non-hydrogen) atoms. The van der Waals surface area contributed by atoms with Gasteiger partial charge < -0.3 is 24.8 Å². The van der Waals surface area contributed by atoms with E-state index in [0.29, 0.717) is 6.42 Å². The summed E-state index contributed by atoms with van der Waals surface area (Å²) in [6.07, 6.45) is -0.360. The lowest BCUT2D eigenvalue weighted by atomic mass is 10.1. The van der Waals surface area contributed by atoms with Crippen LogP contribution in [0.2, 0.25) is 0 Å². The molecule has 0 aliphatic carbocycles. The lowest BCUT2D eigenvalue weighted by molar-refractivity contribution is -0.145. The van der Waals surface area contributed by atoms with Crippen LogP contribution >= 0.6 is 0 Å². The highest BCUT2D eigenvalue weighted by atomic mass is 16.6. The van der Waals surface area contributed by atoms with E-state index in [0.717, 1.165) is 5.56 Å². The number of nitrogens with zero attached hydrogens (tertiary/aromatic N) is 1. The molecule has 182 valence electrons. The van der Waals surface area contributed by atoms with Crippen molar-refractivity contribution in [2.45, 2.75) is 64.3 Å². The van der Waals surface area contributed by atoms with Crippen molar-refractivity contribution in [1.82, 2.24) is 15.5 Å². The Morgan fingerprint density at radius 1 is 1.12 bits per heavy atom. The number of alkyl carbamates (subject to hydrolysis) is 1. The van der Waals surface area contributed by atoms with Gasteiger partial charge in [0.2, 0.25) is 5.91 Å². The molecule has 0 bridgehead atoms. The molecule has 2 atom stereocenters. The van der Waals surface area contributed by atoms with Crippen molar-refractivity contribution in [3.8, 4) is 0 Å². The maximum atomic E-state index is 12.6. The Morgan fingerprint density at radius 2 is 1.82 bits per heavy atom. The fourth-order valence-electron chi connectivity index (χ4n) is 3.36. The van der Waals surface area contributed by atoms with Crippen LogP contribution in [0.5, 0.6) is 0 Å². The Labute approximate surface area is 193 Å². The molecule has 1 aliphatic rings. The summed E-state index contributed by atoms with van der Waals surface area (Å²) < 4.78 is 15.3. The number of likely N-dealkylation sites (tertiary alicyclic amines) is 1. The first kappa shape index (κ1) is 26.0. The third-order valence-corrected chi connectivity index (χ3v) is 4.83. The summed E-state index contributed by atoms with van der Waals surface area (Å²) in [5.74, 6) is -0.806. The molecule has 0 radical (unpaired) electrons. The molecular weight excluding hydrogens is 430 g/mol. The van der Waals surface area contributed by atoms with Gasteiger partial charge in [0, 0.05) is 32.0 Å². The van der Waals surface area contributed by atoms with Crippen LogP contribution in [0.15, 0.2) is 30.3 Å². The van der Waals surface area contributed by atoms with E-state index in [9.17, 15) is 19.2 Å². The van der Waals surface area contributed by atoms with Gasteiger partial charge in [-0.2, -0.15) is 0 Å². The predicted octanol–water partition coefficient (Wildman–Crippen LogP) is 2.36. The number of hydrogen-bond acceptors (Lipinski definition) is 7. The van der Waals surface area contributed by atoms with Gasteiger partial charge in [-0.15, -0.1) is 0 Å². The molecule has 0 aromatic heterocycles. The molecule has 1 aromatic rings. The average molecular weight is 464 g/mol. The van der Waals surface area contributed by atoms with Crippen LogP contribution in [0.3, 0.4) is 0 Å². The number of carbonyl (C=O) groups is 4. The minimum Gasteiger partial charge on any atom is -0.467 e. The van der Waals surface area contributed by atoms with E-state index in [-0.39, 0.29) is 38.4 Å². The highest BCUT2D eigenvalue weighted by Crippen LogP contribution is 2.21. The monoisotopic (exact) mass is 463 g/mol. The molecule has 2 N–H and O–H groups in total. The zero-order valence-electron chi connectivity index (χ0n) is 19.6. The number of benzene rings is 1. The van der Waals surface area contributed by atoms with E-state index in [1.165, 1.54) is 12.0 Å². The molecule has 0 unspecified atom stereocenters. The van der Waals surface area contributed by atoms with Crippen molar-refractivity contribution in [2.75, 3.05) is 20.2 Å². The third-order valence-electron chi connectivity index (χ3n) is 4.83. The van der Waals surface area contributed by atoms with Crippen molar-refractivity contribution in [3.63, 3.8) is 0 Å². The zero-order valence-corrected chi connectivity index (χ0v) is 19.6. The van der Waals surface area contributed by atoms with E-state index in [4.69, 9.17) is 14.2 Å². The topological polar surface area (TPSA) is 123 Å². The van der Waals surface area contributed by atoms with Crippen molar-refractivity contribution < 1.29 is 33.4 Å². The molecule has 3 amide bonds. The third kappa shape index (κ3) is 8.99. The number of ether oxygens (including phenoxy) is 3. The molecule has 10 heteroatoms. The molecule has 0 saturated carbocycles. The van der Waals surface area contributed by atoms with Crippen molar-refractivity contribution in [3.05, 3.63) is 35.9 Å². The van der Waals surface area contributed by atoms with E-state index >= 15 is 0 Å². The maximum absolute atomic E-state index is 12.6. The van der Waals surface area contributed by atoms with Crippen LogP contribution < -0.4 is 10.6 Å². The molecule has 1 aliphatic heterocycles. The summed E-state index contributed by atoms with van der Waals surface area (Å²) >= 11 is 0. The summed E-state index contributed by atoms with van der Waals surface area (Å²) in [4.78, 5) is 50.0. The summed E-state index contributed by atoms with van der Waals surface area (Å²) in [5.41, 5.74) is 0.235. The molecule has 1 aromatic carbocycles. The number of carbonyl (C=O) groups excluding carboxylic acids is 4. The number of rotatable bonds is 8. The van der Waals surface area contributed by atoms with Crippen molar-refractivity contribution in [1.29, 1.82) is 0 Å². The molecule has 2 rings (SSSR count). The SMILES string of the molecule is COC(=O)[C@@H]1C[C@H](NC(=O)CCCNC(=O)OC(C)(C)C)CN1C(=O)OCc1ccccc1. The molecule has 1 heterocycles. The molecule has 0 spiro atoms. The molecule has 1 saturated heterocycles.